The molecule has 2 aromatic rings. The van der Waals surface area contributed by atoms with Crippen LogP contribution in [0.1, 0.15) is 43.7 Å². The first-order valence-corrected chi connectivity index (χ1v) is 8.33. The number of amides is 1. The van der Waals surface area contributed by atoms with Crippen molar-refractivity contribution in [3.05, 3.63) is 41.1 Å². The van der Waals surface area contributed by atoms with E-state index < -0.39 is 0 Å². The average molecular weight is 333 g/mol. The summed E-state index contributed by atoms with van der Waals surface area (Å²) in [6.07, 6.45) is 3.23. The highest BCUT2D eigenvalue weighted by Crippen LogP contribution is 2.32. The summed E-state index contributed by atoms with van der Waals surface area (Å²) in [5, 5.41) is 0.512. The van der Waals surface area contributed by atoms with Crippen LogP contribution in [0.5, 0.6) is 0 Å². The number of nitrogens with two attached hydrogens (primary N) is 1. The van der Waals surface area contributed by atoms with Crippen LogP contribution in [0.15, 0.2) is 34.7 Å². The third-order valence-corrected chi connectivity index (χ3v) is 4.82. The summed E-state index contributed by atoms with van der Waals surface area (Å²) in [5.41, 5.74) is 7.04. The maximum atomic E-state index is 12.8. The molecule has 1 amide bonds. The van der Waals surface area contributed by atoms with E-state index in [0.29, 0.717) is 22.2 Å². The van der Waals surface area contributed by atoms with Crippen LogP contribution in [0.3, 0.4) is 0 Å². The highest BCUT2D eigenvalue weighted by molar-refractivity contribution is 6.33. The van der Waals surface area contributed by atoms with Crippen LogP contribution in [0.4, 0.5) is 5.69 Å². The zero-order chi connectivity index (χ0) is 16.6. The van der Waals surface area contributed by atoms with Crippen molar-refractivity contribution in [2.75, 3.05) is 5.73 Å². The molecule has 1 saturated heterocycles. The Hall–Kier alpha value is -1.94. The molecule has 1 aromatic heterocycles. The van der Waals surface area contributed by atoms with Crippen molar-refractivity contribution in [1.29, 1.82) is 0 Å². The van der Waals surface area contributed by atoms with Crippen LogP contribution < -0.4 is 5.73 Å². The van der Waals surface area contributed by atoms with E-state index in [-0.39, 0.29) is 18.0 Å². The fourth-order valence-electron chi connectivity index (χ4n) is 3.28. The first kappa shape index (κ1) is 15.9. The van der Waals surface area contributed by atoms with E-state index in [9.17, 15) is 4.79 Å². The van der Waals surface area contributed by atoms with Crippen molar-refractivity contribution in [2.24, 2.45) is 0 Å². The van der Waals surface area contributed by atoms with Gasteiger partial charge in [0.15, 0.2) is 5.76 Å². The molecule has 5 heteroatoms. The molecule has 0 spiro atoms. The molecule has 2 N–H and O–H groups in total. The molecule has 0 saturated carbocycles. The number of halogens is 1. The molecule has 0 radical (unpaired) electrons. The van der Waals surface area contributed by atoms with Gasteiger partial charge in [-0.1, -0.05) is 11.6 Å². The van der Waals surface area contributed by atoms with Crippen LogP contribution in [0, 0.1) is 0 Å². The van der Waals surface area contributed by atoms with Gasteiger partial charge in [0.25, 0.3) is 5.91 Å². The third kappa shape index (κ3) is 3.08. The zero-order valence-corrected chi connectivity index (χ0v) is 14.1. The number of nitrogen functional groups attached to an aromatic ring is 1. The first-order chi connectivity index (χ1) is 11.0. The van der Waals surface area contributed by atoms with E-state index in [2.05, 4.69) is 13.8 Å². The van der Waals surface area contributed by atoms with Gasteiger partial charge in [-0.2, -0.15) is 0 Å². The lowest BCUT2D eigenvalue weighted by atomic mass is 9.97. The predicted octanol–water partition coefficient (Wildman–Crippen LogP) is 4.59. The lowest BCUT2D eigenvalue weighted by Gasteiger charge is -2.38. The topological polar surface area (TPSA) is 59.5 Å². The Morgan fingerprint density at radius 3 is 2.57 bits per heavy atom. The molecule has 1 aromatic carbocycles. The van der Waals surface area contributed by atoms with Gasteiger partial charge in [-0.15, -0.1) is 0 Å². The molecule has 23 heavy (non-hydrogen) atoms. The van der Waals surface area contributed by atoms with Gasteiger partial charge >= 0.3 is 0 Å². The molecular weight excluding hydrogens is 312 g/mol. The van der Waals surface area contributed by atoms with Gasteiger partial charge in [0.2, 0.25) is 0 Å². The van der Waals surface area contributed by atoms with Gasteiger partial charge < -0.3 is 15.1 Å². The summed E-state index contributed by atoms with van der Waals surface area (Å²) in [7, 11) is 0. The van der Waals surface area contributed by atoms with E-state index in [0.717, 1.165) is 24.8 Å². The molecule has 0 aliphatic carbocycles. The maximum Gasteiger partial charge on any atom is 0.290 e. The largest absolute Gasteiger partial charge is 0.451 e. The first-order valence-electron chi connectivity index (χ1n) is 7.95. The molecule has 2 heterocycles. The summed E-state index contributed by atoms with van der Waals surface area (Å²) in [6.45, 7) is 4.18. The summed E-state index contributed by atoms with van der Waals surface area (Å²) in [6, 6.07) is 9.22. The third-order valence-electron chi connectivity index (χ3n) is 4.50. The van der Waals surface area contributed by atoms with E-state index in [4.69, 9.17) is 21.8 Å². The second-order valence-corrected chi connectivity index (χ2v) is 6.65. The lowest BCUT2D eigenvalue weighted by Crippen LogP contribution is -2.47. The number of likely N-dealkylation sites (tertiary alicyclic amines) is 1. The van der Waals surface area contributed by atoms with Crippen LogP contribution in [-0.4, -0.2) is 22.9 Å². The highest BCUT2D eigenvalue weighted by atomic mass is 35.5. The lowest BCUT2D eigenvalue weighted by molar-refractivity contribution is 0.0479. The minimum atomic E-state index is -0.0532. The minimum absolute atomic E-state index is 0.0532. The van der Waals surface area contributed by atoms with Gasteiger partial charge in [0, 0.05) is 23.3 Å². The average Bonchev–Trinajstić information content (AvgIpc) is 2.96. The molecular formula is C18H21ClN2O2. The highest BCUT2D eigenvalue weighted by Gasteiger charge is 2.31. The molecule has 0 bridgehead atoms. The van der Waals surface area contributed by atoms with Crippen LogP contribution in [0.25, 0.3) is 11.3 Å². The number of piperidine rings is 1. The van der Waals surface area contributed by atoms with E-state index in [1.165, 1.54) is 0 Å². The number of hydrogen-bond acceptors (Lipinski definition) is 3. The molecule has 3 rings (SSSR count). The van der Waals surface area contributed by atoms with Gasteiger partial charge in [0.05, 0.1) is 5.02 Å². The van der Waals surface area contributed by atoms with Crippen LogP contribution >= 0.6 is 11.6 Å². The number of carbonyl (C=O) groups is 1. The Labute approximate surface area is 141 Å². The Kier molecular flexibility index (Phi) is 4.35. The smallest absolute Gasteiger partial charge is 0.290 e. The molecule has 1 aliphatic rings. The normalized spacial score (nSPS) is 21.4. The number of nitrogens with zero attached hydrogens (tertiary/aromatic N) is 1. The van der Waals surface area contributed by atoms with E-state index in [1.54, 1.807) is 30.3 Å². The quantitative estimate of drug-likeness (QED) is 0.818. The molecule has 0 unspecified atom stereocenters. The molecule has 1 fully saturated rings. The summed E-state index contributed by atoms with van der Waals surface area (Å²) in [5.74, 6) is 0.881. The Balaban J connectivity index is 1.88. The fraction of sp³-hybridized carbons (Fsp3) is 0.389. The van der Waals surface area contributed by atoms with Gasteiger partial charge in [-0.3, -0.25) is 4.79 Å². The van der Waals surface area contributed by atoms with E-state index in [1.807, 2.05) is 4.90 Å². The van der Waals surface area contributed by atoms with Crippen molar-refractivity contribution in [2.45, 2.75) is 45.2 Å². The van der Waals surface area contributed by atoms with Crippen molar-refractivity contribution in [3.8, 4) is 11.3 Å². The molecule has 2 atom stereocenters. The maximum absolute atomic E-state index is 12.8. The number of rotatable bonds is 2. The number of furan rings is 1. The van der Waals surface area contributed by atoms with Crippen molar-refractivity contribution in [3.63, 3.8) is 0 Å². The molecule has 1 aliphatic heterocycles. The zero-order valence-electron chi connectivity index (χ0n) is 13.4. The molecule has 4 nitrogen and oxygen atoms in total. The van der Waals surface area contributed by atoms with Crippen molar-refractivity contribution >= 4 is 23.2 Å². The Morgan fingerprint density at radius 1 is 1.22 bits per heavy atom. The Bertz CT molecular complexity index is 716. The fourth-order valence-corrected chi connectivity index (χ4v) is 3.56. The van der Waals surface area contributed by atoms with Crippen LogP contribution in [0.2, 0.25) is 5.02 Å². The number of anilines is 1. The monoisotopic (exact) mass is 332 g/mol. The number of benzene rings is 1. The summed E-state index contributed by atoms with van der Waals surface area (Å²) in [4.78, 5) is 14.7. The minimum Gasteiger partial charge on any atom is -0.451 e. The second kappa shape index (κ2) is 6.28. The summed E-state index contributed by atoms with van der Waals surface area (Å²) >= 11 is 6.21. The summed E-state index contributed by atoms with van der Waals surface area (Å²) < 4.78 is 5.79. The number of hydrogen-bond donors (Lipinski definition) is 1. The van der Waals surface area contributed by atoms with Crippen molar-refractivity contribution < 1.29 is 9.21 Å². The predicted molar refractivity (Wildman–Crippen MR) is 92.5 cm³/mol. The van der Waals surface area contributed by atoms with Gasteiger partial charge in [0.1, 0.15) is 5.76 Å². The number of carbonyl (C=O) groups excluding carboxylic acids is 1. The standard InChI is InChI=1S/C18H21ClN2O2/c1-11-4-3-5-12(2)21(11)18(22)17-9-8-16(23-17)14-7-6-13(20)10-15(14)19/h6-12H,3-5,20H2,1-2H3/t11-,12+. The van der Waals surface area contributed by atoms with E-state index >= 15 is 0 Å². The van der Waals surface area contributed by atoms with Gasteiger partial charge in [-0.05, 0) is 63.4 Å². The Morgan fingerprint density at radius 2 is 1.91 bits per heavy atom. The SMILES string of the molecule is C[C@@H]1CCC[C@H](C)N1C(=O)c1ccc(-c2ccc(N)cc2Cl)o1. The van der Waals surface area contributed by atoms with Gasteiger partial charge in [-0.25, -0.2) is 0 Å². The molecule has 122 valence electrons. The second-order valence-electron chi connectivity index (χ2n) is 6.24. The van der Waals surface area contributed by atoms with Crippen molar-refractivity contribution in [1.82, 2.24) is 4.90 Å². The van der Waals surface area contributed by atoms with Crippen LogP contribution in [-0.2, 0) is 0 Å².